The summed E-state index contributed by atoms with van der Waals surface area (Å²) in [5.74, 6) is 0.335. The molecule has 1 atom stereocenters. The fraction of sp³-hybridized carbons (Fsp3) is 0.348. The third kappa shape index (κ3) is 5.51. The number of benzene rings is 2. The quantitative estimate of drug-likeness (QED) is 0.637. The average Bonchev–Trinajstić information content (AvgIpc) is 2.79. The van der Waals surface area contributed by atoms with Gasteiger partial charge in [-0.15, -0.1) is 0 Å². The van der Waals surface area contributed by atoms with E-state index in [-0.39, 0.29) is 5.82 Å². The van der Waals surface area contributed by atoms with Crippen molar-refractivity contribution in [2.45, 2.75) is 18.5 Å². The summed E-state index contributed by atoms with van der Waals surface area (Å²) in [7, 11) is 0. The molecule has 0 amide bonds. The van der Waals surface area contributed by atoms with Crippen LogP contribution in [0.2, 0.25) is 0 Å². The summed E-state index contributed by atoms with van der Waals surface area (Å²) in [6, 6.07) is 15.0. The van der Waals surface area contributed by atoms with Gasteiger partial charge in [0.1, 0.15) is 11.6 Å². The molecule has 0 bridgehead atoms. The Morgan fingerprint density at radius 2 is 1.87 bits per heavy atom. The van der Waals surface area contributed by atoms with Gasteiger partial charge in [0.15, 0.2) is 10.8 Å². The molecule has 0 aromatic heterocycles. The van der Waals surface area contributed by atoms with Crippen LogP contribution in [0.1, 0.15) is 12.0 Å². The van der Waals surface area contributed by atoms with Gasteiger partial charge in [-0.2, -0.15) is 0 Å². The van der Waals surface area contributed by atoms with E-state index in [1.54, 1.807) is 0 Å². The van der Waals surface area contributed by atoms with Gasteiger partial charge in [0.25, 0.3) is 0 Å². The van der Waals surface area contributed by atoms with Gasteiger partial charge in [-0.1, -0.05) is 23.9 Å². The molecule has 0 aliphatic carbocycles. The lowest BCUT2D eigenvalue weighted by molar-refractivity contribution is 0.122. The normalized spacial score (nSPS) is 21.2. The number of aliphatic imine (C=N–C) groups is 1. The minimum Gasteiger partial charge on any atom is -0.385 e. The van der Waals surface area contributed by atoms with E-state index in [4.69, 9.17) is 15.5 Å². The highest BCUT2D eigenvalue weighted by molar-refractivity contribution is 8.13. The number of nitrogens with one attached hydrogen (secondary N) is 2. The molecular formula is C23H28FN5OS. The van der Waals surface area contributed by atoms with Crippen molar-refractivity contribution in [3.05, 3.63) is 71.8 Å². The maximum atomic E-state index is 13.3. The number of amidine groups is 1. The first-order valence-electron chi connectivity index (χ1n) is 10.4. The van der Waals surface area contributed by atoms with E-state index in [0.717, 1.165) is 49.1 Å². The molecule has 164 valence electrons. The Morgan fingerprint density at radius 1 is 1.16 bits per heavy atom. The van der Waals surface area contributed by atoms with Crippen molar-refractivity contribution in [2.24, 2.45) is 10.7 Å². The molecule has 2 aliphatic heterocycles. The van der Waals surface area contributed by atoms with Crippen LogP contribution in [0.3, 0.4) is 0 Å². The van der Waals surface area contributed by atoms with Crippen molar-refractivity contribution in [1.29, 1.82) is 0 Å². The Kier molecular flexibility index (Phi) is 6.67. The van der Waals surface area contributed by atoms with Crippen LogP contribution in [0.25, 0.3) is 0 Å². The van der Waals surface area contributed by atoms with E-state index in [1.807, 2.05) is 24.5 Å². The van der Waals surface area contributed by atoms with Gasteiger partial charge in [0, 0.05) is 30.5 Å². The molecule has 0 saturated carbocycles. The lowest BCUT2D eigenvalue weighted by atomic mass is 9.98. The van der Waals surface area contributed by atoms with E-state index >= 15 is 0 Å². The molecule has 1 fully saturated rings. The number of rotatable bonds is 6. The molecule has 2 aliphatic rings. The molecule has 0 spiro atoms. The average molecular weight is 442 g/mol. The lowest BCUT2D eigenvalue weighted by Gasteiger charge is -2.34. The van der Waals surface area contributed by atoms with E-state index in [9.17, 15) is 4.39 Å². The third-order valence-electron chi connectivity index (χ3n) is 5.45. The number of ether oxygens (including phenoxy) is 1. The number of halogens is 1. The Hall–Kier alpha value is -2.71. The maximum Gasteiger partial charge on any atom is 0.164 e. The first kappa shape index (κ1) is 21.5. The molecule has 4 N–H and O–H groups in total. The summed E-state index contributed by atoms with van der Waals surface area (Å²) < 4.78 is 18.7. The predicted molar refractivity (Wildman–Crippen MR) is 127 cm³/mol. The Balaban J connectivity index is 1.54. The van der Waals surface area contributed by atoms with E-state index in [1.165, 1.54) is 29.6 Å². The van der Waals surface area contributed by atoms with Crippen LogP contribution in [-0.2, 0) is 11.2 Å². The molecule has 4 rings (SSSR count). The molecule has 31 heavy (non-hydrogen) atoms. The van der Waals surface area contributed by atoms with E-state index in [0.29, 0.717) is 12.2 Å². The van der Waals surface area contributed by atoms with Crippen molar-refractivity contribution in [3.8, 4) is 0 Å². The number of morpholine rings is 1. The first-order valence-corrected chi connectivity index (χ1v) is 11.6. The fourth-order valence-corrected chi connectivity index (χ4v) is 4.30. The first-order chi connectivity index (χ1) is 15.0. The molecule has 0 radical (unpaired) electrons. The summed E-state index contributed by atoms with van der Waals surface area (Å²) in [5, 5.41) is 7.46. The fourth-order valence-electron chi connectivity index (χ4n) is 3.82. The Bertz CT molecular complexity index is 941. The highest BCUT2D eigenvalue weighted by Crippen LogP contribution is 2.29. The summed E-state index contributed by atoms with van der Waals surface area (Å²) in [6.45, 7) is 3.33. The number of hydrogen-bond donors (Lipinski definition) is 3. The van der Waals surface area contributed by atoms with Crippen LogP contribution >= 0.6 is 11.8 Å². The third-order valence-corrected chi connectivity index (χ3v) is 6.03. The maximum absolute atomic E-state index is 13.3. The number of thioether (sulfide) groups is 1. The summed E-state index contributed by atoms with van der Waals surface area (Å²) in [6.07, 6.45) is 5.29. The van der Waals surface area contributed by atoms with Crippen LogP contribution in [0, 0.1) is 5.82 Å². The largest absolute Gasteiger partial charge is 0.385 e. The van der Waals surface area contributed by atoms with Gasteiger partial charge in [-0.3, -0.25) is 0 Å². The lowest BCUT2D eigenvalue weighted by Crippen LogP contribution is -2.44. The SMILES string of the molecule is CSC1=NC(CCc2ccc(F)cc2)(Nc2ccc(N3CCOCC3)cc2)C=C(N)N1. The summed E-state index contributed by atoms with van der Waals surface area (Å²) in [5.41, 5.74) is 8.70. The monoisotopic (exact) mass is 441 g/mol. The van der Waals surface area contributed by atoms with Crippen molar-refractivity contribution in [3.63, 3.8) is 0 Å². The van der Waals surface area contributed by atoms with Crippen LogP contribution in [-0.4, -0.2) is 43.4 Å². The minimum absolute atomic E-state index is 0.231. The molecule has 8 heteroatoms. The van der Waals surface area contributed by atoms with Crippen LogP contribution in [0.15, 0.2) is 65.4 Å². The van der Waals surface area contributed by atoms with Gasteiger partial charge in [-0.25, -0.2) is 9.38 Å². The molecule has 6 nitrogen and oxygen atoms in total. The number of anilines is 2. The topological polar surface area (TPSA) is 74.9 Å². The van der Waals surface area contributed by atoms with Crippen molar-refractivity contribution in [2.75, 3.05) is 42.8 Å². The van der Waals surface area contributed by atoms with Gasteiger partial charge in [-0.05, 0) is 61.1 Å². The predicted octanol–water partition coefficient (Wildman–Crippen LogP) is 3.53. The minimum atomic E-state index is -0.692. The van der Waals surface area contributed by atoms with Crippen LogP contribution in [0.4, 0.5) is 15.8 Å². The number of nitrogens with zero attached hydrogens (tertiary/aromatic N) is 2. The number of hydrogen-bond acceptors (Lipinski definition) is 7. The Labute approximate surface area is 186 Å². The smallest absolute Gasteiger partial charge is 0.164 e. The highest BCUT2D eigenvalue weighted by Gasteiger charge is 2.31. The zero-order chi connectivity index (χ0) is 21.7. The molecule has 1 unspecified atom stereocenters. The van der Waals surface area contributed by atoms with Gasteiger partial charge >= 0.3 is 0 Å². The van der Waals surface area contributed by atoms with Crippen LogP contribution in [0.5, 0.6) is 0 Å². The van der Waals surface area contributed by atoms with Gasteiger partial charge in [0.2, 0.25) is 0 Å². The van der Waals surface area contributed by atoms with E-state index < -0.39 is 5.66 Å². The van der Waals surface area contributed by atoms with Crippen LogP contribution < -0.4 is 21.3 Å². The van der Waals surface area contributed by atoms with Gasteiger partial charge < -0.3 is 26.0 Å². The molecule has 1 saturated heterocycles. The Morgan fingerprint density at radius 3 is 2.55 bits per heavy atom. The zero-order valence-corrected chi connectivity index (χ0v) is 18.4. The second-order valence-corrected chi connectivity index (χ2v) is 8.46. The second kappa shape index (κ2) is 9.62. The van der Waals surface area contributed by atoms with E-state index in [2.05, 4.69) is 39.8 Å². The standard InChI is InChI=1S/C23H28FN5OS/c1-31-22-26-21(25)16-23(28-22,11-10-17-2-4-18(24)5-3-17)27-19-6-8-20(9-7-19)29-12-14-30-15-13-29/h2-9,16,27H,10-15,25H2,1H3,(H,26,28). The van der Waals surface area contributed by atoms with Crippen molar-refractivity contribution < 1.29 is 9.13 Å². The number of aryl methyl sites for hydroxylation is 1. The van der Waals surface area contributed by atoms with Gasteiger partial charge in [0.05, 0.1) is 13.2 Å². The molecule has 2 aromatic rings. The second-order valence-electron chi connectivity index (χ2n) is 7.67. The molecule has 2 heterocycles. The summed E-state index contributed by atoms with van der Waals surface area (Å²) in [4.78, 5) is 7.25. The zero-order valence-electron chi connectivity index (χ0n) is 17.6. The van der Waals surface area contributed by atoms with Crippen molar-refractivity contribution in [1.82, 2.24) is 5.32 Å². The van der Waals surface area contributed by atoms with Crippen molar-refractivity contribution >= 4 is 28.3 Å². The highest BCUT2D eigenvalue weighted by atomic mass is 32.2. The summed E-state index contributed by atoms with van der Waals surface area (Å²) >= 11 is 1.52. The number of nitrogens with two attached hydrogens (primary N) is 1. The molecular weight excluding hydrogens is 413 g/mol. The molecule has 2 aromatic carbocycles.